The third-order valence-corrected chi connectivity index (χ3v) is 3.99. The first-order valence-corrected chi connectivity index (χ1v) is 7.06. The van der Waals surface area contributed by atoms with Gasteiger partial charge in [-0.3, -0.25) is 9.48 Å². The van der Waals surface area contributed by atoms with E-state index in [1.807, 2.05) is 13.8 Å². The monoisotopic (exact) mass is 358 g/mol. The Bertz CT molecular complexity index is 663. The molecule has 0 saturated heterocycles. The van der Waals surface area contributed by atoms with Crippen molar-refractivity contribution in [1.82, 2.24) is 9.78 Å². The molecule has 1 aromatic heterocycles. The predicted octanol–water partition coefficient (Wildman–Crippen LogP) is 3.64. The van der Waals surface area contributed by atoms with Crippen LogP contribution in [0.25, 0.3) is 0 Å². The average molecular weight is 359 g/mol. The number of nitrogens with zero attached hydrogens (tertiary/aromatic N) is 2. The first-order chi connectivity index (χ1) is 9.97. The van der Waals surface area contributed by atoms with Gasteiger partial charge >= 0.3 is 0 Å². The van der Waals surface area contributed by atoms with Gasteiger partial charge < -0.3 is 4.74 Å². The Kier molecular flexibility index (Phi) is 4.72. The maximum absolute atomic E-state index is 13.7. The number of carbonyl (C=O) groups excluding carboxylic acids is 1. The van der Waals surface area contributed by atoms with E-state index < -0.39 is 17.4 Å². The van der Waals surface area contributed by atoms with E-state index in [-0.39, 0.29) is 12.2 Å². The lowest BCUT2D eigenvalue weighted by Crippen LogP contribution is -2.08. The van der Waals surface area contributed by atoms with E-state index in [0.29, 0.717) is 18.5 Å². The van der Waals surface area contributed by atoms with Gasteiger partial charge in [0.25, 0.3) is 0 Å². The fourth-order valence-electron chi connectivity index (χ4n) is 1.93. The van der Waals surface area contributed by atoms with Crippen molar-refractivity contribution in [2.24, 2.45) is 0 Å². The molecule has 0 aliphatic carbocycles. The molecule has 0 fully saturated rings. The SMILES string of the molecule is CCn1nc(C)c(Br)c1COc1c(F)cc(C=O)cc1F. The van der Waals surface area contributed by atoms with Gasteiger partial charge in [-0.05, 0) is 41.9 Å². The van der Waals surface area contributed by atoms with Crippen molar-refractivity contribution in [3.05, 3.63) is 45.2 Å². The fraction of sp³-hybridized carbons (Fsp3) is 0.286. The second-order valence-corrected chi connectivity index (χ2v) is 5.18. The average Bonchev–Trinajstić information content (AvgIpc) is 2.73. The Labute approximate surface area is 128 Å². The van der Waals surface area contributed by atoms with Crippen LogP contribution in [0.3, 0.4) is 0 Å². The van der Waals surface area contributed by atoms with Gasteiger partial charge in [-0.25, -0.2) is 8.78 Å². The van der Waals surface area contributed by atoms with Gasteiger partial charge in [0.2, 0.25) is 0 Å². The first-order valence-electron chi connectivity index (χ1n) is 6.26. The maximum atomic E-state index is 13.7. The van der Waals surface area contributed by atoms with Gasteiger partial charge in [-0.2, -0.15) is 5.10 Å². The summed E-state index contributed by atoms with van der Waals surface area (Å²) in [4.78, 5) is 10.5. The number of aryl methyl sites for hydroxylation is 2. The summed E-state index contributed by atoms with van der Waals surface area (Å²) in [5, 5.41) is 4.27. The summed E-state index contributed by atoms with van der Waals surface area (Å²) in [6, 6.07) is 1.87. The van der Waals surface area contributed by atoms with Crippen LogP contribution >= 0.6 is 15.9 Å². The van der Waals surface area contributed by atoms with Crippen LogP contribution in [-0.2, 0) is 13.2 Å². The molecule has 1 heterocycles. The number of benzene rings is 1. The normalized spacial score (nSPS) is 10.7. The van der Waals surface area contributed by atoms with Crippen LogP contribution < -0.4 is 4.74 Å². The highest BCUT2D eigenvalue weighted by molar-refractivity contribution is 9.10. The zero-order valence-electron chi connectivity index (χ0n) is 11.5. The molecule has 0 unspecified atom stereocenters. The van der Waals surface area contributed by atoms with E-state index in [1.54, 1.807) is 4.68 Å². The highest BCUT2D eigenvalue weighted by atomic mass is 79.9. The molecule has 0 N–H and O–H groups in total. The standard InChI is InChI=1S/C14H13BrF2N2O2/c1-3-19-12(13(15)8(2)18-19)7-21-14-10(16)4-9(6-20)5-11(14)17/h4-6H,3,7H2,1-2H3. The topological polar surface area (TPSA) is 44.1 Å². The zero-order valence-corrected chi connectivity index (χ0v) is 13.1. The second-order valence-electron chi connectivity index (χ2n) is 4.38. The lowest BCUT2D eigenvalue weighted by Gasteiger charge is -2.10. The summed E-state index contributed by atoms with van der Waals surface area (Å²) >= 11 is 3.38. The quantitative estimate of drug-likeness (QED) is 0.766. The lowest BCUT2D eigenvalue weighted by atomic mass is 10.2. The summed E-state index contributed by atoms with van der Waals surface area (Å²) in [6.45, 7) is 4.30. The number of aromatic nitrogens is 2. The molecule has 0 atom stereocenters. The molecule has 0 spiro atoms. The molecular formula is C14H13BrF2N2O2. The molecule has 0 aliphatic heterocycles. The van der Waals surface area contributed by atoms with Gasteiger partial charge in [0.05, 0.1) is 15.9 Å². The third-order valence-electron chi connectivity index (χ3n) is 2.96. The summed E-state index contributed by atoms with van der Waals surface area (Å²) in [6.07, 6.45) is 0.377. The molecule has 112 valence electrons. The van der Waals surface area contributed by atoms with Crippen LogP contribution in [0.15, 0.2) is 16.6 Å². The van der Waals surface area contributed by atoms with Crippen molar-refractivity contribution >= 4 is 22.2 Å². The molecule has 0 aliphatic rings. The number of rotatable bonds is 5. The Balaban J connectivity index is 2.27. The van der Waals surface area contributed by atoms with Crippen molar-refractivity contribution in [2.75, 3.05) is 0 Å². The molecule has 0 radical (unpaired) electrons. The van der Waals surface area contributed by atoms with E-state index in [0.717, 1.165) is 22.3 Å². The van der Waals surface area contributed by atoms with Crippen molar-refractivity contribution in [2.45, 2.75) is 27.0 Å². The molecule has 2 aromatic rings. The number of carbonyl (C=O) groups is 1. The van der Waals surface area contributed by atoms with Gasteiger partial charge in [0.15, 0.2) is 17.4 Å². The van der Waals surface area contributed by atoms with Crippen LogP contribution in [0.1, 0.15) is 28.7 Å². The van der Waals surface area contributed by atoms with Crippen LogP contribution in [0, 0.1) is 18.6 Å². The van der Waals surface area contributed by atoms with Crippen molar-refractivity contribution < 1.29 is 18.3 Å². The largest absolute Gasteiger partial charge is 0.481 e. The molecule has 4 nitrogen and oxygen atoms in total. The van der Waals surface area contributed by atoms with Crippen molar-refractivity contribution in [1.29, 1.82) is 0 Å². The minimum absolute atomic E-state index is 0.0382. The Morgan fingerprint density at radius 3 is 2.52 bits per heavy atom. The fourth-order valence-corrected chi connectivity index (χ4v) is 2.33. The number of hydrogen-bond donors (Lipinski definition) is 0. The lowest BCUT2D eigenvalue weighted by molar-refractivity contribution is 0.112. The summed E-state index contributed by atoms with van der Waals surface area (Å²) in [5.74, 6) is -2.32. The van der Waals surface area contributed by atoms with E-state index >= 15 is 0 Å². The zero-order chi connectivity index (χ0) is 15.6. The second kappa shape index (κ2) is 6.34. The van der Waals surface area contributed by atoms with Crippen molar-refractivity contribution in [3.8, 4) is 5.75 Å². The van der Waals surface area contributed by atoms with Gasteiger partial charge in [-0.15, -0.1) is 0 Å². The molecule has 2 rings (SSSR count). The van der Waals surface area contributed by atoms with Gasteiger partial charge in [-0.1, -0.05) is 0 Å². The number of halogens is 3. The molecule has 0 bridgehead atoms. The highest BCUT2D eigenvalue weighted by Gasteiger charge is 2.16. The third kappa shape index (κ3) is 3.12. The van der Waals surface area contributed by atoms with Gasteiger partial charge in [0, 0.05) is 12.1 Å². The molecule has 7 heteroatoms. The van der Waals surface area contributed by atoms with Crippen LogP contribution in [0.2, 0.25) is 0 Å². The maximum Gasteiger partial charge on any atom is 0.191 e. The first kappa shape index (κ1) is 15.6. The number of hydrogen-bond acceptors (Lipinski definition) is 3. The Morgan fingerprint density at radius 2 is 2.00 bits per heavy atom. The van der Waals surface area contributed by atoms with E-state index in [4.69, 9.17) is 4.74 Å². The molecule has 21 heavy (non-hydrogen) atoms. The van der Waals surface area contributed by atoms with Crippen LogP contribution in [-0.4, -0.2) is 16.1 Å². The minimum Gasteiger partial charge on any atom is -0.481 e. The summed E-state index contributed by atoms with van der Waals surface area (Å²) < 4.78 is 35.1. The van der Waals surface area contributed by atoms with E-state index in [2.05, 4.69) is 21.0 Å². The molecule has 0 amide bonds. The smallest absolute Gasteiger partial charge is 0.191 e. The highest BCUT2D eigenvalue weighted by Crippen LogP contribution is 2.26. The van der Waals surface area contributed by atoms with E-state index in [9.17, 15) is 13.6 Å². The van der Waals surface area contributed by atoms with Crippen LogP contribution in [0.4, 0.5) is 8.78 Å². The van der Waals surface area contributed by atoms with Crippen LogP contribution in [0.5, 0.6) is 5.75 Å². The predicted molar refractivity (Wildman–Crippen MR) is 76.4 cm³/mol. The number of aldehydes is 1. The summed E-state index contributed by atoms with van der Waals surface area (Å²) in [7, 11) is 0. The minimum atomic E-state index is -0.910. The van der Waals surface area contributed by atoms with E-state index in [1.165, 1.54) is 0 Å². The van der Waals surface area contributed by atoms with Crippen molar-refractivity contribution in [3.63, 3.8) is 0 Å². The molecule has 1 aromatic carbocycles. The Hall–Kier alpha value is -1.76. The molecule has 0 saturated carbocycles. The number of ether oxygens (including phenoxy) is 1. The van der Waals surface area contributed by atoms with Gasteiger partial charge in [0.1, 0.15) is 12.9 Å². The summed E-state index contributed by atoms with van der Waals surface area (Å²) in [5.41, 5.74) is 1.38. The molecular weight excluding hydrogens is 346 g/mol. The Morgan fingerprint density at radius 1 is 1.38 bits per heavy atom.